The summed E-state index contributed by atoms with van der Waals surface area (Å²) in [6, 6.07) is 10.2. The quantitative estimate of drug-likeness (QED) is 0.412. The van der Waals surface area contributed by atoms with Crippen LogP contribution in [-0.4, -0.2) is 45.4 Å². The highest BCUT2D eigenvalue weighted by atomic mass is 127. The maximum absolute atomic E-state index is 5.78. The molecule has 1 aliphatic rings. The van der Waals surface area contributed by atoms with Gasteiger partial charge in [-0.2, -0.15) is 0 Å². The number of halogens is 1. The van der Waals surface area contributed by atoms with Gasteiger partial charge in [0.25, 0.3) is 0 Å². The Labute approximate surface area is 156 Å². The number of hydrogen-bond donors (Lipinski definition) is 2. The number of ether oxygens (including phenoxy) is 2. The van der Waals surface area contributed by atoms with Crippen LogP contribution in [0.3, 0.4) is 0 Å². The lowest BCUT2D eigenvalue weighted by Crippen LogP contribution is -2.46. The van der Waals surface area contributed by atoms with Gasteiger partial charge in [-0.25, -0.2) is 0 Å². The normalized spacial score (nSPS) is 22.3. The van der Waals surface area contributed by atoms with Gasteiger partial charge in [-0.3, -0.25) is 4.99 Å². The minimum Gasteiger partial charge on any atom is -0.375 e. The Morgan fingerprint density at radius 3 is 2.65 bits per heavy atom. The summed E-state index contributed by atoms with van der Waals surface area (Å²) in [5.74, 6) is 0.773. The summed E-state index contributed by atoms with van der Waals surface area (Å²) >= 11 is 0. The van der Waals surface area contributed by atoms with Gasteiger partial charge in [0.05, 0.1) is 11.7 Å². The van der Waals surface area contributed by atoms with Gasteiger partial charge < -0.3 is 20.1 Å². The minimum atomic E-state index is -0.0856. The molecule has 1 fully saturated rings. The standard InChI is InChI=1S/C17H27N3O2.HI/c1-17(10-7-11-22-17)13-20-16(18-2)19-12-15(21-3)14-8-5-4-6-9-14;/h4-6,8-9,15H,7,10-13H2,1-3H3,(H2,18,19,20);1H. The summed E-state index contributed by atoms with van der Waals surface area (Å²) in [4.78, 5) is 4.26. The number of benzene rings is 1. The zero-order chi connectivity index (χ0) is 15.8. The van der Waals surface area contributed by atoms with E-state index < -0.39 is 0 Å². The first-order chi connectivity index (χ1) is 10.7. The topological polar surface area (TPSA) is 54.9 Å². The van der Waals surface area contributed by atoms with Crippen molar-refractivity contribution in [3.05, 3.63) is 35.9 Å². The van der Waals surface area contributed by atoms with Crippen LogP contribution in [0.5, 0.6) is 0 Å². The van der Waals surface area contributed by atoms with E-state index in [1.165, 1.54) is 0 Å². The van der Waals surface area contributed by atoms with Gasteiger partial charge in [-0.05, 0) is 25.3 Å². The van der Waals surface area contributed by atoms with Gasteiger partial charge in [-0.1, -0.05) is 30.3 Å². The molecule has 0 radical (unpaired) electrons. The van der Waals surface area contributed by atoms with Crippen LogP contribution >= 0.6 is 24.0 Å². The summed E-state index contributed by atoms with van der Waals surface area (Å²) < 4.78 is 11.3. The molecule has 130 valence electrons. The number of methoxy groups -OCH3 is 1. The van der Waals surface area contributed by atoms with Crippen LogP contribution < -0.4 is 10.6 Å². The number of aliphatic imine (C=N–C) groups is 1. The lowest BCUT2D eigenvalue weighted by atomic mass is 10.0. The van der Waals surface area contributed by atoms with Crippen LogP contribution in [0.2, 0.25) is 0 Å². The molecular weight excluding hydrogens is 405 g/mol. The summed E-state index contributed by atoms with van der Waals surface area (Å²) in [5, 5.41) is 6.66. The van der Waals surface area contributed by atoms with Crippen molar-refractivity contribution in [2.75, 3.05) is 33.9 Å². The molecule has 23 heavy (non-hydrogen) atoms. The van der Waals surface area contributed by atoms with E-state index in [0.29, 0.717) is 6.54 Å². The Hall–Kier alpha value is -0.860. The Morgan fingerprint density at radius 2 is 2.09 bits per heavy atom. The fraction of sp³-hybridized carbons (Fsp3) is 0.588. The molecule has 1 aromatic rings. The third-order valence-electron chi connectivity index (χ3n) is 4.06. The van der Waals surface area contributed by atoms with Crippen molar-refractivity contribution in [1.29, 1.82) is 0 Å². The highest BCUT2D eigenvalue weighted by molar-refractivity contribution is 14.0. The molecule has 1 aliphatic heterocycles. The van der Waals surface area contributed by atoms with E-state index in [2.05, 4.69) is 34.7 Å². The van der Waals surface area contributed by atoms with Crippen LogP contribution in [0.4, 0.5) is 0 Å². The molecule has 0 aromatic heterocycles. The molecule has 5 nitrogen and oxygen atoms in total. The van der Waals surface area contributed by atoms with Gasteiger partial charge in [0.1, 0.15) is 0 Å². The molecule has 0 saturated carbocycles. The Morgan fingerprint density at radius 1 is 1.35 bits per heavy atom. The van der Waals surface area contributed by atoms with E-state index in [0.717, 1.165) is 37.5 Å². The molecule has 6 heteroatoms. The number of guanidine groups is 1. The van der Waals surface area contributed by atoms with Crippen molar-refractivity contribution in [2.45, 2.75) is 31.5 Å². The van der Waals surface area contributed by atoms with E-state index in [-0.39, 0.29) is 35.7 Å². The predicted molar refractivity (Wildman–Crippen MR) is 105 cm³/mol. The van der Waals surface area contributed by atoms with Crippen LogP contribution in [0.15, 0.2) is 35.3 Å². The fourth-order valence-electron chi connectivity index (χ4n) is 2.66. The molecule has 2 rings (SSSR count). The zero-order valence-electron chi connectivity index (χ0n) is 14.2. The molecule has 1 saturated heterocycles. The first kappa shape index (κ1) is 20.2. The van der Waals surface area contributed by atoms with E-state index in [4.69, 9.17) is 9.47 Å². The molecule has 2 atom stereocenters. The van der Waals surface area contributed by atoms with Gasteiger partial charge in [0, 0.05) is 33.9 Å². The number of nitrogens with zero attached hydrogens (tertiary/aromatic N) is 1. The molecular formula is C17H28IN3O2. The first-order valence-corrected chi connectivity index (χ1v) is 7.83. The molecule has 1 aromatic carbocycles. The van der Waals surface area contributed by atoms with Crippen LogP contribution in [0.1, 0.15) is 31.4 Å². The highest BCUT2D eigenvalue weighted by Gasteiger charge is 2.29. The second kappa shape index (κ2) is 10.1. The highest BCUT2D eigenvalue weighted by Crippen LogP contribution is 2.23. The maximum atomic E-state index is 5.78. The molecule has 0 aliphatic carbocycles. The van der Waals surface area contributed by atoms with E-state index in [1.54, 1.807) is 14.2 Å². The molecule has 0 spiro atoms. The van der Waals surface area contributed by atoms with E-state index >= 15 is 0 Å². The van der Waals surface area contributed by atoms with Crippen molar-refractivity contribution >= 4 is 29.9 Å². The number of rotatable bonds is 6. The summed E-state index contributed by atoms with van der Waals surface area (Å²) in [5.41, 5.74) is 1.07. The smallest absolute Gasteiger partial charge is 0.191 e. The lowest BCUT2D eigenvalue weighted by Gasteiger charge is -2.25. The Kier molecular flexibility index (Phi) is 8.86. The number of hydrogen-bond acceptors (Lipinski definition) is 3. The summed E-state index contributed by atoms with van der Waals surface area (Å²) in [6.07, 6.45) is 2.21. The third kappa shape index (κ3) is 6.27. The SMILES string of the molecule is CN=C(NCC(OC)c1ccccc1)NCC1(C)CCCO1.I. The number of nitrogens with one attached hydrogen (secondary N) is 2. The largest absolute Gasteiger partial charge is 0.375 e. The molecule has 0 bridgehead atoms. The van der Waals surface area contributed by atoms with Crippen molar-refractivity contribution in [2.24, 2.45) is 4.99 Å². The zero-order valence-corrected chi connectivity index (χ0v) is 16.5. The van der Waals surface area contributed by atoms with Gasteiger partial charge in [-0.15, -0.1) is 24.0 Å². The molecule has 2 unspecified atom stereocenters. The Bertz CT molecular complexity index is 476. The van der Waals surface area contributed by atoms with Crippen LogP contribution in [0, 0.1) is 0 Å². The van der Waals surface area contributed by atoms with Crippen molar-refractivity contribution in [3.63, 3.8) is 0 Å². The second-order valence-electron chi connectivity index (χ2n) is 5.84. The molecule has 2 N–H and O–H groups in total. The Balaban J connectivity index is 0.00000264. The van der Waals surface area contributed by atoms with Crippen LogP contribution in [-0.2, 0) is 9.47 Å². The van der Waals surface area contributed by atoms with Crippen molar-refractivity contribution < 1.29 is 9.47 Å². The second-order valence-corrected chi connectivity index (χ2v) is 5.84. The lowest BCUT2D eigenvalue weighted by molar-refractivity contribution is 0.0242. The third-order valence-corrected chi connectivity index (χ3v) is 4.06. The van der Waals surface area contributed by atoms with Crippen molar-refractivity contribution in [1.82, 2.24) is 10.6 Å². The van der Waals surface area contributed by atoms with Crippen LogP contribution in [0.25, 0.3) is 0 Å². The van der Waals surface area contributed by atoms with Gasteiger partial charge in [0.15, 0.2) is 5.96 Å². The minimum absolute atomic E-state index is 0. The first-order valence-electron chi connectivity index (χ1n) is 7.83. The fourth-order valence-corrected chi connectivity index (χ4v) is 2.66. The molecule has 0 amide bonds. The van der Waals surface area contributed by atoms with Gasteiger partial charge in [0.2, 0.25) is 0 Å². The maximum Gasteiger partial charge on any atom is 0.191 e. The molecule has 1 heterocycles. The monoisotopic (exact) mass is 433 g/mol. The van der Waals surface area contributed by atoms with E-state index in [9.17, 15) is 0 Å². The summed E-state index contributed by atoms with van der Waals surface area (Å²) in [7, 11) is 3.50. The average molecular weight is 433 g/mol. The van der Waals surface area contributed by atoms with Gasteiger partial charge >= 0.3 is 0 Å². The summed E-state index contributed by atoms with van der Waals surface area (Å²) in [6.45, 7) is 4.42. The average Bonchev–Trinajstić information content (AvgIpc) is 2.99. The predicted octanol–water partition coefficient (Wildman–Crippen LogP) is 2.73. The van der Waals surface area contributed by atoms with Crippen molar-refractivity contribution in [3.8, 4) is 0 Å². The van der Waals surface area contributed by atoms with E-state index in [1.807, 2.05) is 18.2 Å².